The van der Waals surface area contributed by atoms with Crippen LogP contribution < -0.4 is 4.74 Å². The highest BCUT2D eigenvalue weighted by molar-refractivity contribution is 5.99. The van der Waals surface area contributed by atoms with Crippen molar-refractivity contribution in [1.29, 1.82) is 0 Å². The second-order valence-corrected chi connectivity index (χ2v) is 8.95. The minimum Gasteiger partial charge on any atom is -0.497 e. The van der Waals surface area contributed by atoms with Gasteiger partial charge in [0.15, 0.2) is 0 Å². The van der Waals surface area contributed by atoms with E-state index < -0.39 is 0 Å². The summed E-state index contributed by atoms with van der Waals surface area (Å²) in [5, 5.41) is 0. The summed E-state index contributed by atoms with van der Waals surface area (Å²) in [7, 11) is 1.71. The summed E-state index contributed by atoms with van der Waals surface area (Å²) < 4.78 is 5.56. The van der Waals surface area contributed by atoms with Crippen molar-refractivity contribution < 1.29 is 9.53 Å². The van der Waals surface area contributed by atoms with Gasteiger partial charge in [0.05, 0.1) is 13.2 Å². The lowest BCUT2D eigenvalue weighted by molar-refractivity contribution is 0.0540. The molecule has 0 fully saturated rings. The fourth-order valence-electron chi connectivity index (χ4n) is 5.89. The van der Waals surface area contributed by atoms with E-state index in [0.29, 0.717) is 6.54 Å². The molecule has 4 aromatic carbocycles. The zero-order valence-electron chi connectivity index (χ0n) is 18.6. The van der Waals surface area contributed by atoms with Crippen LogP contribution in [-0.4, -0.2) is 17.9 Å². The van der Waals surface area contributed by atoms with E-state index in [1.54, 1.807) is 7.11 Å². The molecule has 0 bridgehead atoms. The Morgan fingerprint density at radius 3 is 2.33 bits per heavy atom. The van der Waals surface area contributed by atoms with Gasteiger partial charge >= 0.3 is 0 Å². The van der Waals surface area contributed by atoms with E-state index in [1.165, 1.54) is 16.7 Å². The molecule has 1 amide bonds. The predicted molar refractivity (Wildman–Crippen MR) is 129 cm³/mol. The summed E-state index contributed by atoms with van der Waals surface area (Å²) in [5.74, 6) is 0.944. The molecule has 3 nitrogen and oxygen atoms in total. The molecule has 162 valence electrons. The lowest BCUT2D eigenvalue weighted by Gasteiger charge is -2.48. The Morgan fingerprint density at radius 2 is 1.58 bits per heavy atom. The number of rotatable bonds is 4. The molecule has 1 heterocycles. The van der Waals surface area contributed by atoms with Crippen LogP contribution in [-0.2, 0) is 18.4 Å². The number of benzene rings is 4. The first-order valence-electron chi connectivity index (χ1n) is 11.4. The molecule has 33 heavy (non-hydrogen) atoms. The molecular formula is C30H25NO2. The van der Waals surface area contributed by atoms with Crippen molar-refractivity contribution >= 4 is 5.91 Å². The van der Waals surface area contributed by atoms with Crippen molar-refractivity contribution in [3.8, 4) is 5.75 Å². The minimum absolute atomic E-state index is 0.0923. The maximum Gasteiger partial charge on any atom is 0.255 e. The van der Waals surface area contributed by atoms with Crippen molar-refractivity contribution in [3.05, 3.63) is 137 Å². The van der Waals surface area contributed by atoms with E-state index in [1.807, 2.05) is 36.4 Å². The van der Waals surface area contributed by atoms with Crippen LogP contribution in [0.2, 0.25) is 0 Å². The second kappa shape index (κ2) is 7.63. The zero-order chi connectivity index (χ0) is 22.4. The molecule has 2 atom stereocenters. The Labute approximate surface area is 194 Å². The number of fused-ring (bicyclic) bond motifs is 5. The van der Waals surface area contributed by atoms with Crippen LogP contribution in [0.25, 0.3) is 0 Å². The molecule has 6 rings (SSSR count). The van der Waals surface area contributed by atoms with Crippen LogP contribution >= 0.6 is 0 Å². The lowest BCUT2D eigenvalue weighted by Crippen LogP contribution is -2.50. The SMILES string of the molecule is COc1ccc2c(c1)C[C@]1(c3ccccc3)c3ccccc3C(=O)N(Cc3ccccc3)[C@H]21. The molecule has 0 saturated carbocycles. The van der Waals surface area contributed by atoms with Crippen molar-refractivity contribution in [3.63, 3.8) is 0 Å². The third-order valence-corrected chi connectivity index (χ3v) is 7.28. The Morgan fingerprint density at radius 1 is 0.879 bits per heavy atom. The topological polar surface area (TPSA) is 29.5 Å². The van der Waals surface area contributed by atoms with Gasteiger partial charge in [-0.15, -0.1) is 0 Å². The van der Waals surface area contributed by atoms with E-state index in [4.69, 9.17) is 4.74 Å². The highest BCUT2D eigenvalue weighted by Crippen LogP contribution is 2.58. The first-order chi connectivity index (χ1) is 16.2. The Balaban J connectivity index is 1.64. The second-order valence-electron chi connectivity index (χ2n) is 8.95. The average molecular weight is 432 g/mol. The number of carbonyl (C=O) groups excluding carboxylic acids is 1. The zero-order valence-corrected chi connectivity index (χ0v) is 18.6. The van der Waals surface area contributed by atoms with Gasteiger partial charge in [0.1, 0.15) is 5.75 Å². The molecule has 0 radical (unpaired) electrons. The molecule has 4 aromatic rings. The molecular weight excluding hydrogens is 406 g/mol. The Bertz CT molecular complexity index is 1330. The normalized spacial score (nSPS) is 20.7. The monoisotopic (exact) mass is 431 g/mol. The van der Waals surface area contributed by atoms with Crippen LogP contribution in [0.15, 0.2) is 103 Å². The largest absolute Gasteiger partial charge is 0.497 e. The maximum absolute atomic E-state index is 14.0. The van der Waals surface area contributed by atoms with Gasteiger partial charge in [-0.3, -0.25) is 4.79 Å². The highest BCUT2D eigenvalue weighted by atomic mass is 16.5. The van der Waals surface area contributed by atoms with Crippen LogP contribution in [0.1, 0.15) is 44.2 Å². The van der Waals surface area contributed by atoms with Crippen LogP contribution in [0.3, 0.4) is 0 Å². The van der Waals surface area contributed by atoms with E-state index >= 15 is 0 Å². The van der Waals surface area contributed by atoms with E-state index in [9.17, 15) is 4.79 Å². The van der Waals surface area contributed by atoms with Crippen LogP contribution in [0.5, 0.6) is 5.75 Å². The summed E-state index contributed by atoms with van der Waals surface area (Å²) >= 11 is 0. The molecule has 0 aromatic heterocycles. The highest BCUT2D eigenvalue weighted by Gasteiger charge is 2.56. The van der Waals surface area contributed by atoms with Gasteiger partial charge in [-0.1, -0.05) is 84.9 Å². The first kappa shape index (κ1) is 19.8. The van der Waals surface area contributed by atoms with Gasteiger partial charge in [0, 0.05) is 17.5 Å². The number of hydrogen-bond donors (Lipinski definition) is 0. The predicted octanol–water partition coefficient (Wildman–Crippen LogP) is 5.93. The lowest BCUT2D eigenvalue weighted by atomic mass is 9.65. The third kappa shape index (κ3) is 2.92. The first-order valence-corrected chi connectivity index (χ1v) is 11.4. The average Bonchev–Trinajstić information content (AvgIpc) is 3.23. The van der Waals surface area contributed by atoms with Gasteiger partial charge in [0.2, 0.25) is 0 Å². The molecule has 2 aliphatic rings. The van der Waals surface area contributed by atoms with Crippen molar-refractivity contribution in [2.75, 3.05) is 7.11 Å². The van der Waals surface area contributed by atoms with E-state index in [-0.39, 0.29) is 17.4 Å². The number of methoxy groups -OCH3 is 1. The van der Waals surface area contributed by atoms with Crippen LogP contribution in [0, 0.1) is 0 Å². The summed E-state index contributed by atoms with van der Waals surface area (Å²) in [5.41, 5.74) is 6.38. The van der Waals surface area contributed by atoms with Crippen molar-refractivity contribution in [2.24, 2.45) is 0 Å². The van der Waals surface area contributed by atoms with E-state index in [0.717, 1.165) is 28.9 Å². The van der Waals surface area contributed by atoms with E-state index in [2.05, 4.69) is 71.6 Å². The summed E-state index contributed by atoms with van der Waals surface area (Å²) in [6.07, 6.45) is 0.823. The molecule has 1 aliphatic carbocycles. The van der Waals surface area contributed by atoms with Gasteiger partial charge in [-0.25, -0.2) is 0 Å². The smallest absolute Gasteiger partial charge is 0.255 e. The number of carbonyl (C=O) groups is 1. The quantitative estimate of drug-likeness (QED) is 0.401. The number of nitrogens with zero attached hydrogens (tertiary/aromatic N) is 1. The number of ether oxygens (including phenoxy) is 1. The van der Waals surface area contributed by atoms with Gasteiger partial charge < -0.3 is 9.64 Å². The maximum atomic E-state index is 14.0. The molecule has 0 N–H and O–H groups in total. The molecule has 3 heteroatoms. The fourth-order valence-corrected chi connectivity index (χ4v) is 5.89. The summed E-state index contributed by atoms with van der Waals surface area (Å²) in [6, 6.07) is 35.4. The van der Waals surface area contributed by atoms with Crippen LogP contribution in [0.4, 0.5) is 0 Å². The van der Waals surface area contributed by atoms with Crippen molar-refractivity contribution in [1.82, 2.24) is 4.90 Å². The molecule has 1 aliphatic heterocycles. The number of hydrogen-bond acceptors (Lipinski definition) is 2. The van der Waals surface area contributed by atoms with Gasteiger partial charge in [-0.05, 0) is 52.4 Å². The van der Waals surface area contributed by atoms with Gasteiger partial charge in [0.25, 0.3) is 5.91 Å². The molecule has 0 spiro atoms. The molecule has 0 unspecified atom stereocenters. The third-order valence-electron chi connectivity index (χ3n) is 7.28. The Hall–Kier alpha value is -3.85. The number of amides is 1. The standard InChI is InChI=1S/C30H25NO2/c1-33-24-16-17-25-22(18-24)19-30(23-12-6-3-7-13-23)27-15-9-8-14-26(27)29(32)31(28(25)30)20-21-10-4-2-5-11-21/h2-18,28H,19-20H2,1H3/t28-,30+/m1/s1. The fraction of sp³-hybridized carbons (Fsp3) is 0.167. The van der Waals surface area contributed by atoms with Crippen molar-refractivity contribution in [2.45, 2.75) is 24.4 Å². The minimum atomic E-state index is -0.352. The summed E-state index contributed by atoms with van der Waals surface area (Å²) in [4.78, 5) is 16.1. The summed E-state index contributed by atoms with van der Waals surface area (Å²) in [6.45, 7) is 0.568. The van der Waals surface area contributed by atoms with Gasteiger partial charge in [-0.2, -0.15) is 0 Å². The molecule has 0 saturated heterocycles. The Kier molecular flexibility index (Phi) is 4.58.